The van der Waals surface area contributed by atoms with E-state index in [4.69, 9.17) is 4.74 Å². The molecule has 0 unspecified atom stereocenters. The van der Waals surface area contributed by atoms with Crippen LogP contribution in [-0.4, -0.2) is 33.0 Å². The monoisotopic (exact) mass is 356 g/mol. The Hall–Kier alpha value is -1.95. The number of hydrogen-bond acceptors (Lipinski definition) is 4. The molecule has 1 aliphatic carbocycles. The molecule has 4 rings (SSSR count). The topological polar surface area (TPSA) is 69.0 Å². The van der Waals surface area contributed by atoms with Gasteiger partial charge in [-0.1, -0.05) is 30.5 Å². The van der Waals surface area contributed by atoms with Gasteiger partial charge in [0.15, 0.2) is 0 Å². The Kier molecular flexibility index (Phi) is 4.94. The Morgan fingerprint density at radius 3 is 2.81 bits per heavy atom. The molecule has 2 heterocycles. The van der Waals surface area contributed by atoms with Crippen LogP contribution < -0.4 is 5.32 Å². The Balaban J connectivity index is 1.58. The number of amides is 1. The molecule has 1 saturated carbocycles. The van der Waals surface area contributed by atoms with E-state index in [2.05, 4.69) is 33.8 Å². The third-order valence-electron chi connectivity index (χ3n) is 5.94. The molecular weight excluding hydrogens is 328 g/mol. The highest BCUT2D eigenvalue weighted by atomic mass is 16.5. The fourth-order valence-electron chi connectivity index (χ4n) is 4.64. The summed E-state index contributed by atoms with van der Waals surface area (Å²) in [7, 11) is 1.90. The van der Waals surface area contributed by atoms with Gasteiger partial charge >= 0.3 is 0 Å². The van der Waals surface area contributed by atoms with E-state index in [-0.39, 0.29) is 24.2 Å². The van der Waals surface area contributed by atoms with Crippen LogP contribution in [0.25, 0.3) is 11.0 Å². The van der Waals surface area contributed by atoms with E-state index in [1.165, 1.54) is 32.1 Å². The number of fused-ring (bicyclic) bond motifs is 1. The normalized spacial score (nSPS) is 27.5. The molecule has 0 bridgehead atoms. The van der Waals surface area contributed by atoms with Crippen LogP contribution in [0.5, 0.6) is 0 Å². The molecule has 140 valence electrons. The van der Waals surface area contributed by atoms with Crippen molar-refractivity contribution >= 4 is 16.9 Å². The first kappa shape index (κ1) is 17.5. The molecular formula is C20H28N4O2. The Bertz CT molecular complexity index is 781. The number of carbonyl (C=O) groups excluding carboxylic acids is 1. The van der Waals surface area contributed by atoms with Gasteiger partial charge in [-0.05, 0) is 49.3 Å². The second kappa shape index (κ2) is 7.35. The minimum Gasteiger partial charge on any atom is -0.370 e. The van der Waals surface area contributed by atoms with E-state index in [0.717, 1.165) is 29.4 Å². The Morgan fingerprint density at radius 2 is 2.04 bits per heavy atom. The maximum absolute atomic E-state index is 11.6. The predicted octanol–water partition coefficient (Wildman–Crippen LogP) is 3.27. The average molecular weight is 356 g/mol. The second-order valence-electron chi connectivity index (χ2n) is 7.89. The Morgan fingerprint density at radius 1 is 1.23 bits per heavy atom. The summed E-state index contributed by atoms with van der Waals surface area (Å²) in [4.78, 5) is 11.6. The van der Waals surface area contributed by atoms with Crippen LogP contribution in [0.15, 0.2) is 18.2 Å². The van der Waals surface area contributed by atoms with Gasteiger partial charge in [-0.15, -0.1) is 5.10 Å². The van der Waals surface area contributed by atoms with Crippen LogP contribution in [0.3, 0.4) is 0 Å². The number of carbonyl (C=O) groups is 1. The lowest BCUT2D eigenvalue weighted by molar-refractivity contribution is -0.124. The maximum Gasteiger partial charge on any atom is 0.217 e. The van der Waals surface area contributed by atoms with E-state index in [1.54, 1.807) is 11.6 Å². The summed E-state index contributed by atoms with van der Waals surface area (Å²) in [5, 5.41) is 11.5. The molecule has 3 atom stereocenters. The van der Waals surface area contributed by atoms with Gasteiger partial charge in [0.25, 0.3) is 0 Å². The molecule has 1 aliphatic heterocycles. The number of rotatable bonds is 3. The molecule has 0 spiro atoms. The molecule has 1 aromatic heterocycles. The highest BCUT2D eigenvalue weighted by Gasteiger charge is 2.35. The van der Waals surface area contributed by atoms with Crippen molar-refractivity contribution < 1.29 is 9.53 Å². The number of nitrogens with one attached hydrogen (secondary N) is 1. The van der Waals surface area contributed by atoms with Crippen molar-refractivity contribution in [3.05, 3.63) is 23.8 Å². The maximum atomic E-state index is 11.6. The van der Waals surface area contributed by atoms with Crippen molar-refractivity contribution in [3.8, 4) is 0 Å². The quantitative estimate of drug-likeness (QED) is 0.916. The molecule has 0 radical (unpaired) electrons. The molecule has 26 heavy (non-hydrogen) atoms. The molecule has 6 heteroatoms. The third kappa shape index (κ3) is 3.61. The average Bonchev–Trinajstić information content (AvgIpc) is 3.02. The lowest BCUT2D eigenvalue weighted by Crippen LogP contribution is -2.44. The van der Waals surface area contributed by atoms with Gasteiger partial charge in [0.05, 0.1) is 17.7 Å². The van der Waals surface area contributed by atoms with Crippen LogP contribution in [0.4, 0.5) is 0 Å². The van der Waals surface area contributed by atoms with Crippen LogP contribution in [0, 0.1) is 5.92 Å². The van der Waals surface area contributed by atoms with Crippen molar-refractivity contribution in [1.29, 1.82) is 0 Å². The standard InChI is InChI=1S/C20H28N4O2/c1-13(25)21-16-11-19(14-6-4-3-5-7-14)26-20(12-16)15-8-9-18-17(10-15)22-23-24(18)2/h8-10,14,16,19-20H,3-7,11-12H2,1-2H3,(H,21,25)/t16-,19-,20+/m0/s1. The van der Waals surface area contributed by atoms with Gasteiger partial charge < -0.3 is 10.1 Å². The fraction of sp³-hybridized carbons (Fsp3) is 0.650. The van der Waals surface area contributed by atoms with Crippen molar-refractivity contribution in [2.75, 3.05) is 0 Å². The van der Waals surface area contributed by atoms with Gasteiger partial charge in [-0.2, -0.15) is 0 Å². The van der Waals surface area contributed by atoms with Crippen molar-refractivity contribution in [2.45, 2.75) is 70.1 Å². The third-order valence-corrected chi connectivity index (χ3v) is 5.94. The summed E-state index contributed by atoms with van der Waals surface area (Å²) in [5.74, 6) is 0.658. The van der Waals surface area contributed by atoms with Crippen LogP contribution in [0.1, 0.15) is 63.5 Å². The summed E-state index contributed by atoms with van der Waals surface area (Å²) in [5.41, 5.74) is 3.05. The molecule has 6 nitrogen and oxygen atoms in total. The lowest BCUT2D eigenvalue weighted by Gasteiger charge is -2.40. The van der Waals surface area contributed by atoms with Crippen molar-refractivity contribution in [1.82, 2.24) is 20.3 Å². The zero-order chi connectivity index (χ0) is 18.1. The lowest BCUT2D eigenvalue weighted by atomic mass is 9.80. The van der Waals surface area contributed by atoms with E-state index in [0.29, 0.717) is 5.92 Å². The van der Waals surface area contributed by atoms with Gasteiger partial charge in [0.2, 0.25) is 5.91 Å². The van der Waals surface area contributed by atoms with Crippen LogP contribution in [-0.2, 0) is 16.6 Å². The van der Waals surface area contributed by atoms with Crippen LogP contribution in [0.2, 0.25) is 0 Å². The largest absolute Gasteiger partial charge is 0.370 e. The number of aryl methyl sites for hydroxylation is 1. The first-order chi connectivity index (χ1) is 12.6. The fourth-order valence-corrected chi connectivity index (χ4v) is 4.64. The van der Waals surface area contributed by atoms with Crippen molar-refractivity contribution in [3.63, 3.8) is 0 Å². The number of hydrogen-bond donors (Lipinski definition) is 1. The number of nitrogens with zero attached hydrogens (tertiary/aromatic N) is 3. The number of aromatic nitrogens is 3. The first-order valence-electron chi connectivity index (χ1n) is 9.82. The minimum atomic E-state index is -0.000988. The SMILES string of the molecule is CC(=O)N[C@H]1C[C@@H](C2CCCCC2)O[C@@H](c2ccc3c(c2)nnn3C)C1. The highest BCUT2D eigenvalue weighted by molar-refractivity contribution is 5.75. The van der Waals surface area contributed by atoms with E-state index in [1.807, 2.05) is 7.05 Å². The molecule has 1 amide bonds. The zero-order valence-electron chi connectivity index (χ0n) is 15.6. The van der Waals surface area contributed by atoms with Crippen molar-refractivity contribution in [2.24, 2.45) is 13.0 Å². The molecule has 2 aliphatic rings. The minimum absolute atomic E-state index is 0.000988. The van der Waals surface area contributed by atoms with Gasteiger partial charge in [0, 0.05) is 20.0 Å². The number of benzene rings is 1. The highest BCUT2D eigenvalue weighted by Crippen LogP contribution is 2.39. The molecule has 1 saturated heterocycles. The summed E-state index contributed by atoms with van der Waals surface area (Å²) in [6.07, 6.45) is 8.38. The first-order valence-corrected chi connectivity index (χ1v) is 9.82. The summed E-state index contributed by atoms with van der Waals surface area (Å²) in [6, 6.07) is 6.44. The number of ether oxygens (including phenoxy) is 1. The summed E-state index contributed by atoms with van der Waals surface area (Å²) >= 11 is 0. The van der Waals surface area contributed by atoms with Gasteiger partial charge in [0.1, 0.15) is 5.52 Å². The van der Waals surface area contributed by atoms with Gasteiger partial charge in [-0.25, -0.2) is 4.68 Å². The Labute approximate surface area is 154 Å². The zero-order valence-corrected chi connectivity index (χ0v) is 15.6. The molecule has 1 aromatic carbocycles. The predicted molar refractivity (Wildman–Crippen MR) is 99.5 cm³/mol. The van der Waals surface area contributed by atoms with E-state index < -0.39 is 0 Å². The summed E-state index contributed by atoms with van der Waals surface area (Å²) < 4.78 is 8.36. The van der Waals surface area contributed by atoms with Gasteiger partial charge in [-0.3, -0.25) is 4.79 Å². The summed E-state index contributed by atoms with van der Waals surface area (Å²) in [6.45, 7) is 1.60. The molecule has 2 aromatic rings. The van der Waals surface area contributed by atoms with Crippen LogP contribution >= 0.6 is 0 Å². The molecule has 2 fully saturated rings. The van der Waals surface area contributed by atoms with E-state index >= 15 is 0 Å². The molecule has 1 N–H and O–H groups in total. The second-order valence-corrected chi connectivity index (χ2v) is 7.89. The van der Waals surface area contributed by atoms with E-state index in [9.17, 15) is 4.79 Å². The smallest absolute Gasteiger partial charge is 0.217 e.